The summed E-state index contributed by atoms with van der Waals surface area (Å²) < 4.78 is 3.37. The number of aromatic nitrogens is 5. The minimum atomic E-state index is -0.191. The van der Waals surface area contributed by atoms with Crippen molar-refractivity contribution in [2.24, 2.45) is 7.05 Å². The molecule has 0 radical (unpaired) electrons. The lowest BCUT2D eigenvalue weighted by atomic mass is 10.2. The molecule has 0 saturated carbocycles. The molecule has 3 N–H and O–H groups in total. The van der Waals surface area contributed by atoms with Crippen molar-refractivity contribution in [1.82, 2.24) is 24.5 Å². The highest BCUT2D eigenvalue weighted by Gasteiger charge is 2.17. The van der Waals surface area contributed by atoms with Crippen LogP contribution in [0.1, 0.15) is 32.4 Å². The molecule has 2 heterocycles. The molecule has 0 bridgehead atoms. The normalized spacial score (nSPS) is 11.2. The number of nitrogens with zero attached hydrogens (tertiary/aromatic N) is 4. The Morgan fingerprint density at radius 1 is 1.35 bits per heavy atom. The smallest absolute Gasteiger partial charge is 0.343 e. The number of nitrogens with two attached hydrogens (primary N) is 1. The Morgan fingerprint density at radius 3 is 2.75 bits per heavy atom. The van der Waals surface area contributed by atoms with Crippen LogP contribution in [0.25, 0.3) is 0 Å². The first-order chi connectivity index (χ1) is 9.58. The molecule has 20 heavy (non-hydrogen) atoms. The molecule has 0 aromatic carbocycles. The summed E-state index contributed by atoms with van der Waals surface area (Å²) in [6.07, 6.45) is 2.71. The van der Waals surface area contributed by atoms with E-state index in [1.165, 1.54) is 11.8 Å². The number of hydrogen-bond acceptors (Lipinski definition) is 5. The largest absolute Gasteiger partial charge is 0.395 e. The molecule has 110 valence electrons. The topological polar surface area (TPSA) is 94.5 Å². The van der Waals surface area contributed by atoms with Gasteiger partial charge >= 0.3 is 5.69 Å². The number of aromatic amines is 1. The van der Waals surface area contributed by atoms with Crippen LogP contribution >= 0.6 is 11.8 Å². The fourth-order valence-corrected chi connectivity index (χ4v) is 2.96. The maximum Gasteiger partial charge on any atom is 0.343 e. The molecular formula is C12H20N6OS. The van der Waals surface area contributed by atoms with Crippen LogP contribution in [0.2, 0.25) is 0 Å². The molecule has 7 nitrogen and oxygen atoms in total. The van der Waals surface area contributed by atoms with Gasteiger partial charge in [0.15, 0.2) is 5.16 Å². The second-order valence-corrected chi connectivity index (χ2v) is 5.56. The lowest BCUT2D eigenvalue weighted by molar-refractivity contribution is 0.601. The zero-order chi connectivity index (χ0) is 14.7. The number of hydrogen-bond donors (Lipinski definition) is 2. The predicted molar refractivity (Wildman–Crippen MR) is 78.9 cm³/mol. The summed E-state index contributed by atoms with van der Waals surface area (Å²) >= 11 is 1.37. The molecule has 0 amide bonds. The summed E-state index contributed by atoms with van der Waals surface area (Å²) in [5.41, 5.74) is 7.53. The van der Waals surface area contributed by atoms with Crippen LogP contribution in [-0.4, -0.2) is 24.5 Å². The Kier molecular flexibility index (Phi) is 4.53. The Labute approximate surface area is 121 Å². The van der Waals surface area contributed by atoms with Crippen molar-refractivity contribution in [2.45, 2.75) is 49.8 Å². The van der Waals surface area contributed by atoms with E-state index in [4.69, 9.17) is 5.73 Å². The molecule has 0 spiro atoms. The van der Waals surface area contributed by atoms with Crippen molar-refractivity contribution in [1.29, 1.82) is 0 Å². The van der Waals surface area contributed by atoms with Gasteiger partial charge in [0.25, 0.3) is 0 Å². The van der Waals surface area contributed by atoms with Crippen molar-refractivity contribution in [2.75, 3.05) is 5.73 Å². The monoisotopic (exact) mass is 296 g/mol. The van der Waals surface area contributed by atoms with Gasteiger partial charge in [-0.2, -0.15) is 5.10 Å². The van der Waals surface area contributed by atoms with E-state index in [2.05, 4.69) is 22.2 Å². The zero-order valence-electron chi connectivity index (χ0n) is 12.0. The lowest BCUT2D eigenvalue weighted by Crippen LogP contribution is -2.17. The summed E-state index contributed by atoms with van der Waals surface area (Å²) in [5, 5.41) is 12.4. The van der Waals surface area contributed by atoms with Gasteiger partial charge in [0.2, 0.25) is 0 Å². The van der Waals surface area contributed by atoms with Crippen molar-refractivity contribution in [3.05, 3.63) is 16.2 Å². The summed E-state index contributed by atoms with van der Waals surface area (Å²) in [6.45, 7) is 4.75. The van der Waals surface area contributed by atoms with E-state index in [0.29, 0.717) is 17.4 Å². The molecule has 0 aliphatic heterocycles. The number of nitrogen functional groups attached to an aromatic ring is 1. The fourth-order valence-electron chi connectivity index (χ4n) is 2.01. The van der Waals surface area contributed by atoms with Crippen molar-refractivity contribution < 1.29 is 0 Å². The number of aryl methyl sites for hydroxylation is 2. The highest BCUT2D eigenvalue weighted by Crippen LogP contribution is 2.32. The van der Waals surface area contributed by atoms with Crippen LogP contribution in [0.5, 0.6) is 0 Å². The number of H-pyrrole nitrogens is 1. The quantitative estimate of drug-likeness (QED) is 0.840. The van der Waals surface area contributed by atoms with E-state index < -0.39 is 0 Å². The maximum absolute atomic E-state index is 11.7. The molecule has 0 fully saturated rings. The average molecular weight is 296 g/mol. The van der Waals surface area contributed by atoms with Gasteiger partial charge in [0.1, 0.15) is 5.03 Å². The van der Waals surface area contributed by atoms with E-state index in [-0.39, 0.29) is 5.69 Å². The molecule has 0 aliphatic carbocycles. The molecule has 0 atom stereocenters. The first-order valence-electron chi connectivity index (χ1n) is 6.72. The molecule has 2 rings (SSSR count). The van der Waals surface area contributed by atoms with E-state index in [1.807, 2.05) is 14.0 Å². The summed E-state index contributed by atoms with van der Waals surface area (Å²) in [6, 6.07) is 0. The Hall–Kier alpha value is -1.70. The Morgan fingerprint density at radius 2 is 2.10 bits per heavy atom. The molecular weight excluding hydrogens is 276 g/mol. The first-order valence-corrected chi connectivity index (χ1v) is 7.54. The highest BCUT2D eigenvalue weighted by molar-refractivity contribution is 7.99. The molecule has 2 aromatic rings. The van der Waals surface area contributed by atoms with Gasteiger partial charge in [-0.1, -0.05) is 20.3 Å². The molecule has 8 heteroatoms. The third-order valence-corrected chi connectivity index (χ3v) is 4.12. The van der Waals surface area contributed by atoms with Crippen LogP contribution < -0.4 is 11.4 Å². The van der Waals surface area contributed by atoms with Gasteiger partial charge in [-0.05, 0) is 24.6 Å². The third kappa shape index (κ3) is 2.74. The Bertz CT molecular complexity index is 641. The van der Waals surface area contributed by atoms with Gasteiger partial charge in [-0.25, -0.2) is 9.89 Å². The second kappa shape index (κ2) is 6.17. The highest BCUT2D eigenvalue weighted by atomic mass is 32.2. The summed E-state index contributed by atoms with van der Waals surface area (Å²) in [4.78, 5) is 11.7. The van der Waals surface area contributed by atoms with E-state index >= 15 is 0 Å². The van der Waals surface area contributed by atoms with Crippen molar-refractivity contribution >= 4 is 17.4 Å². The first kappa shape index (κ1) is 14.7. The van der Waals surface area contributed by atoms with E-state index in [1.54, 1.807) is 9.25 Å². The van der Waals surface area contributed by atoms with Crippen LogP contribution in [0, 0.1) is 0 Å². The number of nitrogens with one attached hydrogen (secondary N) is 1. The van der Waals surface area contributed by atoms with Crippen LogP contribution in [0.3, 0.4) is 0 Å². The number of rotatable bonds is 6. The maximum atomic E-state index is 11.7. The minimum Gasteiger partial charge on any atom is -0.395 e. The predicted octanol–water partition coefficient (Wildman–Crippen LogP) is 1.40. The summed E-state index contributed by atoms with van der Waals surface area (Å²) in [7, 11) is 1.85. The molecule has 0 saturated heterocycles. The Balaban J connectivity index is 2.33. The second-order valence-electron chi connectivity index (χ2n) is 4.60. The van der Waals surface area contributed by atoms with E-state index in [9.17, 15) is 4.79 Å². The van der Waals surface area contributed by atoms with Crippen molar-refractivity contribution in [3.63, 3.8) is 0 Å². The molecule has 0 aliphatic rings. The van der Waals surface area contributed by atoms with Crippen LogP contribution in [-0.2, 0) is 20.0 Å². The summed E-state index contributed by atoms with van der Waals surface area (Å²) in [5.74, 6) is 0. The zero-order valence-corrected chi connectivity index (χ0v) is 12.8. The van der Waals surface area contributed by atoms with Crippen LogP contribution in [0.15, 0.2) is 15.0 Å². The van der Waals surface area contributed by atoms with Gasteiger partial charge in [0, 0.05) is 13.6 Å². The SMILES string of the molecule is CCCc1nn(C)c(Sc2n[nH]c(=O)n2CCC)c1N. The van der Waals surface area contributed by atoms with Crippen molar-refractivity contribution in [3.8, 4) is 0 Å². The average Bonchev–Trinajstić information content (AvgIpc) is 2.88. The van der Waals surface area contributed by atoms with E-state index in [0.717, 1.165) is 30.0 Å². The molecule has 2 aromatic heterocycles. The fraction of sp³-hybridized carbons (Fsp3) is 0.583. The molecule has 0 unspecified atom stereocenters. The lowest BCUT2D eigenvalue weighted by Gasteiger charge is -2.04. The van der Waals surface area contributed by atoms with Gasteiger partial charge in [0.05, 0.1) is 11.4 Å². The standard InChI is InChI=1S/C12H20N6OS/c1-4-6-8-9(13)10(17(3)16-8)20-12-15-14-11(19)18(12)7-5-2/h4-7,13H2,1-3H3,(H,14,19). The third-order valence-electron chi connectivity index (χ3n) is 2.95. The van der Waals surface area contributed by atoms with Gasteiger partial charge < -0.3 is 5.73 Å². The van der Waals surface area contributed by atoms with Gasteiger partial charge in [-0.15, -0.1) is 5.10 Å². The minimum absolute atomic E-state index is 0.191. The number of anilines is 1. The van der Waals surface area contributed by atoms with Crippen LogP contribution in [0.4, 0.5) is 5.69 Å². The van der Waals surface area contributed by atoms with Gasteiger partial charge in [-0.3, -0.25) is 9.25 Å².